The molecule has 2 bridgehead atoms. The van der Waals surface area contributed by atoms with E-state index in [-0.39, 0.29) is 0 Å². The summed E-state index contributed by atoms with van der Waals surface area (Å²) in [6, 6.07) is 0. The molecule has 3 atom stereocenters. The average molecular weight is 180 g/mol. The third kappa shape index (κ3) is 0.980. The summed E-state index contributed by atoms with van der Waals surface area (Å²) in [6.45, 7) is 12.4. The van der Waals surface area contributed by atoms with E-state index >= 15 is 0 Å². The lowest BCUT2D eigenvalue weighted by Gasteiger charge is -2.41. The molecule has 2 aliphatic rings. The third-order valence-electron chi connectivity index (χ3n) is 5.67. The van der Waals surface area contributed by atoms with Crippen molar-refractivity contribution in [2.45, 2.75) is 53.9 Å². The molecule has 0 aliphatic heterocycles. The van der Waals surface area contributed by atoms with Crippen molar-refractivity contribution in [2.75, 3.05) is 0 Å². The summed E-state index contributed by atoms with van der Waals surface area (Å²) in [4.78, 5) is 0. The molecular weight excluding hydrogens is 156 g/mol. The Kier molecular flexibility index (Phi) is 1.85. The zero-order chi connectivity index (χ0) is 9.85. The van der Waals surface area contributed by atoms with E-state index in [1.807, 2.05) is 0 Å². The first-order valence-electron chi connectivity index (χ1n) is 5.89. The molecule has 0 aromatic heterocycles. The van der Waals surface area contributed by atoms with Crippen LogP contribution in [0.4, 0.5) is 0 Å². The highest BCUT2D eigenvalue weighted by Crippen LogP contribution is 2.69. The van der Waals surface area contributed by atoms with Crippen molar-refractivity contribution in [2.24, 2.45) is 28.6 Å². The van der Waals surface area contributed by atoms with Crippen LogP contribution >= 0.6 is 0 Å². The zero-order valence-corrected chi connectivity index (χ0v) is 9.85. The highest BCUT2D eigenvalue weighted by molar-refractivity contribution is 5.10. The first-order chi connectivity index (χ1) is 5.89. The molecule has 0 saturated heterocycles. The van der Waals surface area contributed by atoms with Crippen LogP contribution in [0, 0.1) is 28.6 Å². The molecule has 76 valence electrons. The second-order valence-electron chi connectivity index (χ2n) is 6.46. The topological polar surface area (TPSA) is 0 Å². The Morgan fingerprint density at radius 1 is 1.15 bits per heavy atom. The Hall–Kier alpha value is 0. The minimum Gasteiger partial charge on any atom is -0.0625 e. The Labute approximate surface area is 83.1 Å². The first-order valence-corrected chi connectivity index (χ1v) is 5.89. The van der Waals surface area contributed by atoms with Gasteiger partial charge in [0.2, 0.25) is 0 Å². The molecule has 0 nitrogen and oxygen atoms in total. The van der Waals surface area contributed by atoms with Crippen LogP contribution in [0.3, 0.4) is 0 Å². The summed E-state index contributed by atoms with van der Waals surface area (Å²) >= 11 is 0. The lowest BCUT2D eigenvalue weighted by Crippen LogP contribution is -2.34. The molecule has 0 N–H and O–H groups in total. The van der Waals surface area contributed by atoms with Gasteiger partial charge in [-0.05, 0) is 47.8 Å². The van der Waals surface area contributed by atoms with Crippen LogP contribution in [-0.2, 0) is 0 Å². The summed E-state index contributed by atoms with van der Waals surface area (Å²) in [5, 5.41) is 0. The molecular formula is C13H24. The maximum Gasteiger partial charge on any atom is -0.0241 e. The van der Waals surface area contributed by atoms with Crippen molar-refractivity contribution < 1.29 is 0 Å². The SMILES string of the molecule is CC(C)C1CC2CCC1(C)C2(C)C. The Morgan fingerprint density at radius 2 is 1.77 bits per heavy atom. The fraction of sp³-hybridized carbons (Fsp3) is 1.00. The van der Waals surface area contributed by atoms with Gasteiger partial charge in [0.15, 0.2) is 0 Å². The van der Waals surface area contributed by atoms with Gasteiger partial charge in [0.1, 0.15) is 0 Å². The van der Waals surface area contributed by atoms with Crippen molar-refractivity contribution >= 4 is 0 Å². The lowest BCUT2D eigenvalue weighted by atomic mass is 9.64. The summed E-state index contributed by atoms with van der Waals surface area (Å²) in [5.74, 6) is 2.89. The van der Waals surface area contributed by atoms with Gasteiger partial charge in [-0.2, -0.15) is 0 Å². The highest BCUT2D eigenvalue weighted by Gasteiger charge is 2.61. The van der Waals surface area contributed by atoms with Gasteiger partial charge in [-0.15, -0.1) is 0 Å². The number of rotatable bonds is 1. The number of hydrogen-bond donors (Lipinski definition) is 0. The lowest BCUT2D eigenvalue weighted by molar-refractivity contribution is 0.0766. The summed E-state index contributed by atoms with van der Waals surface area (Å²) in [7, 11) is 0. The predicted octanol–water partition coefficient (Wildman–Crippen LogP) is 4.10. The molecule has 2 saturated carbocycles. The number of fused-ring (bicyclic) bond motifs is 2. The molecule has 0 spiro atoms. The maximum atomic E-state index is 2.55. The predicted molar refractivity (Wildman–Crippen MR) is 57.6 cm³/mol. The second-order valence-corrected chi connectivity index (χ2v) is 6.46. The van der Waals surface area contributed by atoms with E-state index in [4.69, 9.17) is 0 Å². The average Bonchev–Trinajstić information content (AvgIpc) is 2.34. The maximum absolute atomic E-state index is 2.55. The van der Waals surface area contributed by atoms with Crippen LogP contribution in [0.25, 0.3) is 0 Å². The van der Waals surface area contributed by atoms with Crippen molar-refractivity contribution in [1.82, 2.24) is 0 Å². The quantitative estimate of drug-likeness (QED) is 0.570. The van der Waals surface area contributed by atoms with Crippen LogP contribution < -0.4 is 0 Å². The molecule has 3 unspecified atom stereocenters. The van der Waals surface area contributed by atoms with Crippen LogP contribution in [0.2, 0.25) is 0 Å². The van der Waals surface area contributed by atoms with E-state index < -0.39 is 0 Å². The monoisotopic (exact) mass is 180 g/mol. The smallest absolute Gasteiger partial charge is 0.0241 e. The molecule has 2 rings (SSSR count). The van der Waals surface area contributed by atoms with Crippen LogP contribution in [0.1, 0.15) is 53.9 Å². The van der Waals surface area contributed by atoms with Crippen molar-refractivity contribution in [3.05, 3.63) is 0 Å². The number of hydrogen-bond acceptors (Lipinski definition) is 0. The third-order valence-corrected chi connectivity index (χ3v) is 5.67. The van der Waals surface area contributed by atoms with Gasteiger partial charge in [-0.25, -0.2) is 0 Å². The van der Waals surface area contributed by atoms with Gasteiger partial charge < -0.3 is 0 Å². The van der Waals surface area contributed by atoms with Gasteiger partial charge >= 0.3 is 0 Å². The molecule has 0 aromatic rings. The molecule has 2 aliphatic carbocycles. The summed E-state index contributed by atoms with van der Waals surface area (Å²) in [5.41, 5.74) is 1.26. The molecule has 0 aromatic carbocycles. The van der Waals surface area contributed by atoms with E-state index in [0.717, 1.165) is 17.8 Å². The van der Waals surface area contributed by atoms with Crippen LogP contribution in [0.15, 0.2) is 0 Å². The molecule has 0 heteroatoms. The van der Waals surface area contributed by atoms with Crippen molar-refractivity contribution in [3.8, 4) is 0 Å². The minimum absolute atomic E-state index is 0.613. The second kappa shape index (κ2) is 2.52. The van der Waals surface area contributed by atoms with E-state index in [1.165, 1.54) is 19.3 Å². The standard InChI is InChI=1S/C13H24/c1-9(2)11-8-10-6-7-13(11,5)12(10,3)4/h9-11H,6-8H2,1-5H3. The minimum atomic E-state index is 0.613. The van der Waals surface area contributed by atoms with E-state index in [9.17, 15) is 0 Å². The van der Waals surface area contributed by atoms with Gasteiger partial charge in [0.25, 0.3) is 0 Å². The molecule has 0 radical (unpaired) electrons. The molecule has 0 heterocycles. The fourth-order valence-electron chi connectivity index (χ4n) is 4.27. The summed E-state index contributed by atoms with van der Waals surface area (Å²) < 4.78 is 0. The van der Waals surface area contributed by atoms with Gasteiger partial charge in [0, 0.05) is 0 Å². The van der Waals surface area contributed by atoms with Gasteiger partial charge in [0.05, 0.1) is 0 Å². The Bertz CT molecular complexity index is 214. The van der Waals surface area contributed by atoms with E-state index in [2.05, 4.69) is 34.6 Å². The van der Waals surface area contributed by atoms with E-state index in [0.29, 0.717) is 10.8 Å². The Morgan fingerprint density at radius 3 is 2.00 bits per heavy atom. The highest BCUT2D eigenvalue weighted by atomic mass is 14.7. The van der Waals surface area contributed by atoms with Gasteiger partial charge in [-0.3, -0.25) is 0 Å². The normalized spacial score (nSPS) is 47.5. The molecule has 13 heavy (non-hydrogen) atoms. The fourth-order valence-corrected chi connectivity index (χ4v) is 4.27. The molecule has 0 amide bonds. The largest absolute Gasteiger partial charge is 0.0625 e. The van der Waals surface area contributed by atoms with Crippen LogP contribution in [0.5, 0.6) is 0 Å². The summed E-state index contributed by atoms with van der Waals surface area (Å²) in [6.07, 6.45) is 4.47. The van der Waals surface area contributed by atoms with E-state index in [1.54, 1.807) is 0 Å². The van der Waals surface area contributed by atoms with Crippen molar-refractivity contribution in [1.29, 1.82) is 0 Å². The van der Waals surface area contributed by atoms with Crippen molar-refractivity contribution in [3.63, 3.8) is 0 Å². The Balaban J connectivity index is 2.33. The zero-order valence-electron chi connectivity index (χ0n) is 9.85. The first kappa shape index (κ1) is 9.55. The molecule has 2 fully saturated rings. The van der Waals surface area contributed by atoms with Crippen LogP contribution in [-0.4, -0.2) is 0 Å². The van der Waals surface area contributed by atoms with Gasteiger partial charge in [-0.1, -0.05) is 34.6 Å².